The van der Waals surface area contributed by atoms with Crippen molar-refractivity contribution in [3.8, 4) is 0 Å². The smallest absolute Gasteiger partial charge is 0.268 e. The van der Waals surface area contributed by atoms with Crippen LogP contribution in [0, 0.1) is 17.0 Å². The van der Waals surface area contributed by atoms with Gasteiger partial charge in [-0.25, -0.2) is 4.90 Å². The number of imide groups is 1. The topological polar surface area (TPSA) is 80.5 Å². The van der Waals surface area contributed by atoms with Crippen LogP contribution in [0.15, 0.2) is 82.6 Å². The summed E-state index contributed by atoms with van der Waals surface area (Å²) in [5.41, 5.74) is 1.69. The molecule has 3 aromatic rings. The molecule has 0 saturated carbocycles. The summed E-state index contributed by atoms with van der Waals surface area (Å²) in [6.07, 6.45) is 0. The van der Waals surface area contributed by atoms with Crippen LogP contribution in [0.2, 0.25) is 5.02 Å². The Hall–Kier alpha value is -3.42. The fourth-order valence-corrected chi connectivity index (χ4v) is 4.55. The van der Waals surface area contributed by atoms with Crippen molar-refractivity contribution in [3.05, 3.63) is 104 Å². The Kier molecular flexibility index (Phi) is 5.63. The molecule has 0 unspecified atom stereocenters. The number of anilines is 1. The van der Waals surface area contributed by atoms with Gasteiger partial charge in [-0.3, -0.25) is 19.7 Å². The number of non-ortho nitro benzene ring substituents is 1. The fourth-order valence-electron chi connectivity index (χ4n) is 3.30. The molecule has 31 heavy (non-hydrogen) atoms. The molecule has 3 aromatic carbocycles. The lowest BCUT2D eigenvalue weighted by molar-refractivity contribution is -0.384. The first kappa shape index (κ1) is 20.8. The number of amides is 2. The standard InChI is InChI=1S/C23H15ClN2O4S/c1-14-13-16(24)9-12-19(14)25-22(27)20(15-7-10-17(11-8-15)26(29)30)21(23(25)28)31-18-5-3-2-4-6-18/h2-13H,1H3. The van der Waals surface area contributed by atoms with Crippen molar-refractivity contribution in [2.75, 3.05) is 4.90 Å². The highest BCUT2D eigenvalue weighted by Gasteiger charge is 2.41. The van der Waals surface area contributed by atoms with E-state index in [9.17, 15) is 19.7 Å². The first-order valence-electron chi connectivity index (χ1n) is 9.24. The Morgan fingerprint density at radius 2 is 1.61 bits per heavy atom. The summed E-state index contributed by atoms with van der Waals surface area (Å²) in [7, 11) is 0. The number of carbonyl (C=O) groups is 2. The van der Waals surface area contributed by atoms with Gasteiger partial charge in [0.1, 0.15) is 0 Å². The van der Waals surface area contributed by atoms with Crippen molar-refractivity contribution in [2.45, 2.75) is 11.8 Å². The zero-order valence-corrected chi connectivity index (χ0v) is 17.8. The second-order valence-corrected chi connectivity index (χ2v) is 8.32. The van der Waals surface area contributed by atoms with Gasteiger partial charge in [-0.2, -0.15) is 0 Å². The predicted octanol–water partition coefficient (Wildman–Crippen LogP) is 5.63. The van der Waals surface area contributed by atoms with Crippen molar-refractivity contribution >= 4 is 52.1 Å². The molecule has 0 radical (unpaired) electrons. The molecule has 0 bridgehead atoms. The number of benzene rings is 3. The Labute approximate surface area is 187 Å². The summed E-state index contributed by atoms with van der Waals surface area (Å²) in [5.74, 6) is -0.930. The highest BCUT2D eigenvalue weighted by molar-refractivity contribution is 8.04. The lowest BCUT2D eigenvalue weighted by Crippen LogP contribution is -2.31. The lowest BCUT2D eigenvalue weighted by Gasteiger charge is -2.18. The minimum Gasteiger partial charge on any atom is -0.268 e. The minimum atomic E-state index is -0.511. The Balaban J connectivity index is 1.83. The molecule has 6 nitrogen and oxygen atoms in total. The van der Waals surface area contributed by atoms with Crippen LogP contribution in [0.1, 0.15) is 11.1 Å². The molecule has 154 valence electrons. The van der Waals surface area contributed by atoms with Crippen molar-refractivity contribution in [3.63, 3.8) is 0 Å². The van der Waals surface area contributed by atoms with E-state index in [1.54, 1.807) is 25.1 Å². The van der Waals surface area contributed by atoms with Gasteiger partial charge >= 0.3 is 0 Å². The first-order valence-corrected chi connectivity index (χ1v) is 10.4. The van der Waals surface area contributed by atoms with E-state index in [2.05, 4.69) is 0 Å². The predicted molar refractivity (Wildman–Crippen MR) is 121 cm³/mol. The summed E-state index contributed by atoms with van der Waals surface area (Å²) in [5, 5.41) is 11.5. The van der Waals surface area contributed by atoms with Gasteiger partial charge in [0.2, 0.25) is 0 Å². The maximum atomic E-state index is 13.4. The van der Waals surface area contributed by atoms with Gasteiger partial charge in [0.25, 0.3) is 17.5 Å². The number of rotatable bonds is 5. The monoisotopic (exact) mass is 450 g/mol. The average Bonchev–Trinajstić information content (AvgIpc) is 2.99. The molecule has 0 spiro atoms. The summed E-state index contributed by atoms with van der Waals surface area (Å²) in [6, 6.07) is 19.8. The zero-order valence-electron chi connectivity index (χ0n) is 16.2. The first-order chi connectivity index (χ1) is 14.9. The largest absolute Gasteiger partial charge is 0.272 e. The van der Waals surface area contributed by atoms with E-state index in [1.807, 2.05) is 30.3 Å². The van der Waals surface area contributed by atoms with Gasteiger partial charge in [0, 0.05) is 22.1 Å². The molecule has 0 aromatic heterocycles. The number of hydrogen-bond donors (Lipinski definition) is 0. The average molecular weight is 451 g/mol. The third-order valence-corrected chi connectivity index (χ3v) is 6.10. The number of halogens is 1. The second-order valence-electron chi connectivity index (χ2n) is 6.80. The zero-order chi connectivity index (χ0) is 22.1. The molecule has 1 aliphatic rings. The van der Waals surface area contributed by atoms with Crippen molar-refractivity contribution in [1.82, 2.24) is 0 Å². The van der Waals surface area contributed by atoms with E-state index >= 15 is 0 Å². The number of nitrogens with zero attached hydrogens (tertiary/aromatic N) is 2. The van der Waals surface area contributed by atoms with Gasteiger partial charge < -0.3 is 0 Å². The Bertz CT molecular complexity index is 1240. The van der Waals surface area contributed by atoms with E-state index in [-0.39, 0.29) is 16.2 Å². The van der Waals surface area contributed by atoms with Crippen molar-refractivity contribution in [2.24, 2.45) is 0 Å². The molecule has 2 amide bonds. The summed E-state index contributed by atoms with van der Waals surface area (Å²) in [6.45, 7) is 1.77. The second kappa shape index (κ2) is 8.37. The molecule has 1 heterocycles. The molecule has 0 fully saturated rings. The highest BCUT2D eigenvalue weighted by atomic mass is 35.5. The quantitative estimate of drug-likeness (QED) is 0.286. The summed E-state index contributed by atoms with van der Waals surface area (Å²) < 4.78 is 0. The molecule has 0 N–H and O–H groups in total. The molecule has 8 heteroatoms. The van der Waals surface area contributed by atoms with Crippen molar-refractivity contribution < 1.29 is 14.5 Å². The number of nitro benzene ring substituents is 1. The van der Waals surface area contributed by atoms with Gasteiger partial charge in [0.15, 0.2) is 0 Å². The van der Waals surface area contributed by atoms with Crippen LogP contribution in [0.3, 0.4) is 0 Å². The number of thioether (sulfide) groups is 1. The molecule has 0 aliphatic carbocycles. The molecule has 4 rings (SSSR count). The maximum Gasteiger partial charge on any atom is 0.272 e. The molecular formula is C23H15ClN2O4S. The van der Waals surface area contributed by atoms with Crippen LogP contribution in [0.5, 0.6) is 0 Å². The van der Waals surface area contributed by atoms with Gasteiger partial charge in [0.05, 0.1) is 21.1 Å². The molecular weight excluding hydrogens is 436 g/mol. The van der Waals surface area contributed by atoms with E-state index < -0.39 is 16.7 Å². The number of nitro groups is 1. The molecule has 0 saturated heterocycles. The van der Waals surface area contributed by atoms with Crippen LogP contribution in [-0.4, -0.2) is 16.7 Å². The fraction of sp³-hybridized carbons (Fsp3) is 0.0435. The molecule has 1 aliphatic heterocycles. The van der Waals surface area contributed by atoms with Gasteiger partial charge in [-0.1, -0.05) is 41.6 Å². The summed E-state index contributed by atoms with van der Waals surface area (Å²) in [4.78, 5) is 39.5. The highest BCUT2D eigenvalue weighted by Crippen LogP contribution is 2.42. The lowest BCUT2D eigenvalue weighted by atomic mass is 10.1. The van der Waals surface area contributed by atoms with E-state index in [0.29, 0.717) is 21.8 Å². The van der Waals surface area contributed by atoms with Crippen LogP contribution in [-0.2, 0) is 9.59 Å². The van der Waals surface area contributed by atoms with Crippen LogP contribution < -0.4 is 4.90 Å². The SMILES string of the molecule is Cc1cc(Cl)ccc1N1C(=O)C(Sc2ccccc2)=C(c2ccc([N+](=O)[O-])cc2)C1=O. The van der Waals surface area contributed by atoms with E-state index in [1.165, 1.54) is 36.0 Å². The van der Waals surface area contributed by atoms with E-state index in [0.717, 1.165) is 9.80 Å². The number of carbonyl (C=O) groups excluding carboxylic acids is 2. The molecule has 0 atom stereocenters. The number of aryl methyl sites for hydroxylation is 1. The van der Waals surface area contributed by atoms with Crippen molar-refractivity contribution in [1.29, 1.82) is 0 Å². The third kappa shape index (κ3) is 3.97. The minimum absolute atomic E-state index is 0.0937. The van der Waals surface area contributed by atoms with Crippen LogP contribution in [0.25, 0.3) is 5.57 Å². The third-order valence-electron chi connectivity index (χ3n) is 4.77. The van der Waals surface area contributed by atoms with Crippen LogP contribution in [0.4, 0.5) is 11.4 Å². The summed E-state index contributed by atoms with van der Waals surface area (Å²) >= 11 is 7.23. The Morgan fingerprint density at radius 1 is 0.935 bits per heavy atom. The van der Waals surface area contributed by atoms with Gasteiger partial charge in [-0.15, -0.1) is 0 Å². The van der Waals surface area contributed by atoms with Gasteiger partial charge in [-0.05, 0) is 60.5 Å². The Morgan fingerprint density at radius 3 is 2.23 bits per heavy atom. The van der Waals surface area contributed by atoms with Crippen LogP contribution >= 0.6 is 23.4 Å². The normalized spacial score (nSPS) is 13.8. The van der Waals surface area contributed by atoms with E-state index in [4.69, 9.17) is 11.6 Å². The maximum absolute atomic E-state index is 13.4. The number of hydrogen-bond acceptors (Lipinski definition) is 5.